The molecule has 0 N–H and O–H groups in total. The number of hydrogen-bond donors (Lipinski definition) is 0. The van der Waals surface area contributed by atoms with E-state index in [4.69, 9.17) is 4.52 Å². The number of benzene rings is 1. The monoisotopic (exact) mass is 400 g/mol. The van der Waals surface area contributed by atoms with Gasteiger partial charge in [0.15, 0.2) is 5.16 Å². The highest BCUT2D eigenvalue weighted by Gasteiger charge is 2.29. The molecule has 0 atom stereocenters. The molecule has 5 rings (SSSR count). The third kappa shape index (κ3) is 3.17. The van der Waals surface area contributed by atoms with Gasteiger partial charge in [-0.15, -0.1) is 11.3 Å². The summed E-state index contributed by atoms with van der Waals surface area (Å²) in [6, 6.07) is 8.02. The summed E-state index contributed by atoms with van der Waals surface area (Å²) in [5.41, 5.74) is 1.43. The zero-order valence-electron chi connectivity index (χ0n) is 14.0. The summed E-state index contributed by atoms with van der Waals surface area (Å²) in [7, 11) is 0. The number of fused-ring (bicyclic) bond motifs is 1. The molecule has 0 bridgehead atoms. The maximum Gasteiger partial charge on any atom is 0.272 e. The molecule has 0 amide bonds. The molecule has 27 heavy (non-hydrogen) atoms. The Labute approximate surface area is 161 Å². The van der Waals surface area contributed by atoms with Crippen LogP contribution >= 0.6 is 23.1 Å². The van der Waals surface area contributed by atoms with Gasteiger partial charge in [-0.25, -0.2) is 9.37 Å². The maximum atomic E-state index is 13.0. The van der Waals surface area contributed by atoms with E-state index in [1.807, 2.05) is 11.4 Å². The van der Waals surface area contributed by atoms with Gasteiger partial charge in [-0.1, -0.05) is 16.9 Å². The third-order valence-electron chi connectivity index (χ3n) is 4.29. The fourth-order valence-electron chi connectivity index (χ4n) is 2.82. The van der Waals surface area contributed by atoms with E-state index in [1.165, 1.54) is 35.2 Å². The van der Waals surface area contributed by atoms with Crippen LogP contribution in [0, 0.1) is 5.82 Å². The van der Waals surface area contributed by atoms with E-state index in [2.05, 4.69) is 15.1 Å². The van der Waals surface area contributed by atoms with Crippen molar-refractivity contribution in [2.24, 2.45) is 0 Å². The number of rotatable bonds is 5. The first-order valence-corrected chi connectivity index (χ1v) is 10.3. The van der Waals surface area contributed by atoms with Crippen molar-refractivity contribution in [3.8, 4) is 11.4 Å². The van der Waals surface area contributed by atoms with E-state index in [9.17, 15) is 9.18 Å². The van der Waals surface area contributed by atoms with Crippen molar-refractivity contribution in [2.45, 2.75) is 29.8 Å². The Morgan fingerprint density at radius 1 is 1.22 bits per heavy atom. The molecule has 136 valence electrons. The normalized spacial score (nSPS) is 14.1. The molecule has 4 aromatic rings. The minimum Gasteiger partial charge on any atom is -0.338 e. The first-order valence-electron chi connectivity index (χ1n) is 8.40. The highest BCUT2D eigenvalue weighted by Crippen LogP contribution is 2.37. The van der Waals surface area contributed by atoms with Gasteiger partial charge in [-0.2, -0.15) is 4.98 Å². The van der Waals surface area contributed by atoms with Crippen molar-refractivity contribution in [1.82, 2.24) is 19.7 Å². The van der Waals surface area contributed by atoms with Crippen LogP contribution in [-0.2, 0) is 5.75 Å². The van der Waals surface area contributed by atoms with Crippen LogP contribution < -0.4 is 5.56 Å². The van der Waals surface area contributed by atoms with Gasteiger partial charge >= 0.3 is 0 Å². The summed E-state index contributed by atoms with van der Waals surface area (Å²) in [4.78, 5) is 21.8. The molecule has 0 radical (unpaired) electrons. The molecule has 1 saturated carbocycles. The summed E-state index contributed by atoms with van der Waals surface area (Å²) < 4.78 is 20.8. The minimum atomic E-state index is -0.314. The van der Waals surface area contributed by atoms with Crippen LogP contribution in [0.3, 0.4) is 0 Å². The SMILES string of the molecule is O=c1c2sccc2nc(SCc2nc(-c3ccc(F)cc3)no2)n1C1CC1. The fourth-order valence-corrected chi connectivity index (χ4v) is 4.49. The van der Waals surface area contributed by atoms with Gasteiger partial charge in [0, 0.05) is 11.6 Å². The lowest BCUT2D eigenvalue weighted by atomic mass is 10.2. The lowest BCUT2D eigenvalue weighted by Crippen LogP contribution is -2.21. The summed E-state index contributed by atoms with van der Waals surface area (Å²) >= 11 is 2.84. The Balaban J connectivity index is 1.41. The van der Waals surface area contributed by atoms with Crippen LogP contribution in [0.5, 0.6) is 0 Å². The molecule has 1 aromatic carbocycles. The van der Waals surface area contributed by atoms with Gasteiger partial charge in [0.1, 0.15) is 10.5 Å². The summed E-state index contributed by atoms with van der Waals surface area (Å²) in [6.45, 7) is 0. The quantitative estimate of drug-likeness (QED) is 0.368. The number of thiophene rings is 1. The van der Waals surface area contributed by atoms with Crippen molar-refractivity contribution in [3.63, 3.8) is 0 Å². The second-order valence-electron chi connectivity index (χ2n) is 6.24. The average molecular weight is 400 g/mol. The molecule has 0 spiro atoms. The van der Waals surface area contributed by atoms with Crippen LogP contribution in [0.25, 0.3) is 21.6 Å². The average Bonchev–Trinajstić information content (AvgIpc) is 3.19. The molecule has 1 aliphatic rings. The number of nitrogens with zero attached hydrogens (tertiary/aromatic N) is 4. The van der Waals surface area contributed by atoms with Crippen molar-refractivity contribution in [2.75, 3.05) is 0 Å². The van der Waals surface area contributed by atoms with Crippen LogP contribution in [-0.4, -0.2) is 19.7 Å². The highest BCUT2D eigenvalue weighted by atomic mass is 32.2. The van der Waals surface area contributed by atoms with Gasteiger partial charge in [0.2, 0.25) is 11.7 Å². The van der Waals surface area contributed by atoms with E-state index in [1.54, 1.807) is 16.7 Å². The molecule has 0 saturated heterocycles. The smallest absolute Gasteiger partial charge is 0.272 e. The number of aromatic nitrogens is 4. The van der Waals surface area contributed by atoms with Crippen molar-refractivity contribution in [3.05, 3.63) is 57.8 Å². The molecule has 3 aromatic heterocycles. The maximum absolute atomic E-state index is 13.0. The van der Waals surface area contributed by atoms with Crippen molar-refractivity contribution >= 4 is 33.3 Å². The number of thioether (sulfide) groups is 1. The van der Waals surface area contributed by atoms with E-state index in [-0.39, 0.29) is 17.4 Å². The number of hydrogen-bond acceptors (Lipinski definition) is 7. The van der Waals surface area contributed by atoms with Crippen LogP contribution in [0.15, 0.2) is 50.2 Å². The van der Waals surface area contributed by atoms with E-state index < -0.39 is 0 Å². The fraction of sp³-hybridized carbons (Fsp3) is 0.222. The van der Waals surface area contributed by atoms with E-state index in [0.717, 1.165) is 18.4 Å². The Kier molecular flexibility index (Phi) is 4.05. The first-order chi connectivity index (χ1) is 13.2. The van der Waals surface area contributed by atoms with Gasteiger partial charge in [0.25, 0.3) is 5.56 Å². The molecular formula is C18H13FN4O2S2. The second kappa shape index (κ2) is 6.58. The van der Waals surface area contributed by atoms with Gasteiger partial charge < -0.3 is 4.52 Å². The van der Waals surface area contributed by atoms with Crippen LogP contribution in [0.4, 0.5) is 4.39 Å². The van der Waals surface area contributed by atoms with Gasteiger partial charge in [0.05, 0.1) is 11.3 Å². The summed E-state index contributed by atoms with van der Waals surface area (Å²) in [5, 5.41) is 6.51. The third-order valence-corrected chi connectivity index (χ3v) is 6.12. The molecule has 9 heteroatoms. The summed E-state index contributed by atoms with van der Waals surface area (Å²) in [6.07, 6.45) is 2.00. The Morgan fingerprint density at radius 2 is 2.04 bits per heavy atom. The standard InChI is InChI=1S/C18H13FN4O2S2/c19-11-3-1-10(2-4-11)16-21-14(25-22-16)9-27-18-20-13-7-8-26-15(13)17(24)23(18)12-5-6-12/h1-4,7-8,12H,5-6,9H2. The Hall–Kier alpha value is -2.52. The Morgan fingerprint density at radius 3 is 2.81 bits per heavy atom. The van der Waals surface area contributed by atoms with Gasteiger partial charge in [-0.05, 0) is 48.6 Å². The predicted octanol–water partition coefficient (Wildman–Crippen LogP) is 4.27. The molecular weight excluding hydrogens is 387 g/mol. The lowest BCUT2D eigenvalue weighted by molar-refractivity contribution is 0.391. The van der Waals surface area contributed by atoms with Crippen LogP contribution in [0.1, 0.15) is 24.8 Å². The molecule has 1 fully saturated rings. The van der Waals surface area contributed by atoms with Gasteiger partial charge in [-0.3, -0.25) is 9.36 Å². The van der Waals surface area contributed by atoms with Crippen LogP contribution in [0.2, 0.25) is 0 Å². The molecule has 3 heterocycles. The molecule has 0 aliphatic heterocycles. The zero-order valence-corrected chi connectivity index (χ0v) is 15.6. The molecule has 0 unspecified atom stereocenters. The van der Waals surface area contributed by atoms with E-state index >= 15 is 0 Å². The van der Waals surface area contributed by atoms with Crippen molar-refractivity contribution in [1.29, 1.82) is 0 Å². The predicted molar refractivity (Wildman–Crippen MR) is 101 cm³/mol. The lowest BCUT2D eigenvalue weighted by Gasteiger charge is -2.09. The molecule has 6 nitrogen and oxygen atoms in total. The summed E-state index contributed by atoms with van der Waals surface area (Å²) in [5.74, 6) is 0.932. The number of halogens is 1. The first kappa shape index (κ1) is 16.6. The van der Waals surface area contributed by atoms with E-state index in [0.29, 0.717) is 32.9 Å². The topological polar surface area (TPSA) is 73.8 Å². The minimum absolute atomic E-state index is 0.0255. The Bertz CT molecular complexity index is 1180. The second-order valence-corrected chi connectivity index (χ2v) is 8.10. The van der Waals surface area contributed by atoms with Crippen molar-refractivity contribution < 1.29 is 8.91 Å². The molecule has 1 aliphatic carbocycles. The zero-order chi connectivity index (χ0) is 18.4. The largest absolute Gasteiger partial charge is 0.338 e. The highest BCUT2D eigenvalue weighted by molar-refractivity contribution is 7.98.